The molecule has 0 amide bonds. The predicted octanol–water partition coefficient (Wildman–Crippen LogP) is 2.96. The van der Waals surface area contributed by atoms with E-state index >= 15 is 0 Å². The SMILES string of the molecule is CCNC(=NCCCN1CC(C)OC(C)C1)NCCc1cccs1.I. The summed E-state index contributed by atoms with van der Waals surface area (Å²) < 4.78 is 5.78. The molecule has 0 aliphatic carbocycles. The van der Waals surface area contributed by atoms with Gasteiger partial charge in [-0.2, -0.15) is 0 Å². The average Bonchev–Trinajstić information content (AvgIpc) is 3.04. The van der Waals surface area contributed by atoms with E-state index in [1.165, 1.54) is 4.88 Å². The van der Waals surface area contributed by atoms with Crippen molar-refractivity contribution < 1.29 is 4.74 Å². The Morgan fingerprint density at radius 2 is 2.08 bits per heavy atom. The van der Waals surface area contributed by atoms with Gasteiger partial charge in [-0.25, -0.2) is 0 Å². The zero-order valence-corrected chi connectivity index (χ0v) is 18.8. The van der Waals surface area contributed by atoms with Crippen LogP contribution in [0.25, 0.3) is 0 Å². The molecule has 2 rings (SSSR count). The van der Waals surface area contributed by atoms with Crippen LogP contribution < -0.4 is 10.6 Å². The molecule has 0 radical (unpaired) electrons. The first-order valence-electron chi connectivity index (χ1n) is 9.09. The van der Waals surface area contributed by atoms with E-state index < -0.39 is 0 Å². The van der Waals surface area contributed by atoms with E-state index in [0.29, 0.717) is 12.2 Å². The van der Waals surface area contributed by atoms with E-state index in [4.69, 9.17) is 9.73 Å². The number of nitrogens with zero attached hydrogens (tertiary/aromatic N) is 2. The van der Waals surface area contributed by atoms with Crippen LogP contribution in [0.5, 0.6) is 0 Å². The number of hydrogen-bond donors (Lipinski definition) is 2. The van der Waals surface area contributed by atoms with E-state index in [-0.39, 0.29) is 24.0 Å². The third kappa shape index (κ3) is 9.21. The lowest BCUT2D eigenvalue weighted by atomic mass is 10.2. The molecule has 0 bridgehead atoms. The zero-order valence-electron chi connectivity index (χ0n) is 15.7. The number of aliphatic imine (C=N–C) groups is 1. The standard InChI is InChI=1S/C18H32N4OS.HI/c1-4-19-18(21-10-8-17-7-5-12-24-17)20-9-6-11-22-13-15(2)23-16(3)14-22;/h5,7,12,15-16H,4,6,8-11,13-14H2,1-3H3,(H2,19,20,21);1H. The minimum absolute atomic E-state index is 0. The van der Waals surface area contributed by atoms with Gasteiger partial charge in [0.2, 0.25) is 0 Å². The van der Waals surface area contributed by atoms with Gasteiger partial charge in [0.25, 0.3) is 0 Å². The molecular weight excluding hydrogens is 447 g/mol. The van der Waals surface area contributed by atoms with Gasteiger partial charge in [-0.05, 0) is 45.1 Å². The van der Waals surface area contributed by atoms with Crippen molar-refractivity contribution in [1.29, 1.82) is 0 Å². The summed E-state index contributed by atoms with van der Waals surface area (Å²) in [6.07, 6.45) is 2.81. The maximum atomic E-state index is 5.78. The van der Waals surface area contributed by atoms with Crippen molar-refractivity contribution >= 4 is 41.3 Å². The van der Waals surface area contributed by atoms with Gasteiger partial charge < -0.3 is 15.4 Å². The Kier molecular flexibility index (Phi) is 11.7. The molecule has 2 atom stereocenters. The molecule has 2 N–H and O–H groups in total. The summed E-state index contributed by atoms with van der Waals surface area (Å²) in [7, 11) is 0. The number of guanidine groups is 1. The largest absolute Gasteiger partial charge is 0.373 e. The molecule has 25 heavy (non-hydrogen) atoms. The van der Waals surface area contributed by atoms with E-state index in [0.717, 1.165) is 58.1 Å². The van der Waals surface area contributed by atoms with Crippen LogP contribution in [0, 0.1) is 0 Å². The highest BCUT2D eigenvalue weighted by Gasteiger charge is 2.21. The number of halogens is 1. The summed E-state index contributed by atoms with van der Waals surface area (Å²) in [5.41, 5.74) is 0. The second kappa shape index (κ2) is 12.9. The first-order chi connectivity index (χ1) is 11.7. The van der Waals surface area contributed by atoms with Crippen molar-refractivity contribution in [3.8, 4) is 0 Å². The van der Waals surface area contributed by atoms with Crippen molar-refractivity contribution in [3.05, 3.63) is 22.4 Å². The van der Waals surface area contributed by atoms with Gasteiger partial charge in [0.15, 0.2) is 5.96 Å². The molecule has 1 aromatic rings. The van der Waals surface area contributed by atoms with Crippen LogP contribution in [0.3, 0.4) is 0 Å². The normalized spacial score (nSPS) is 21.6. The molecule has 1 aliphatic rings. The Morgan fingerprint density at radius 3 is 2.72 bits per heavy atom. The summed E-state index contributed by atoms with van der Waals surface area (Å²) in [6, 6.07) is 4.29. The van der Waals surface area contributed by atoms with Crippen molar-refractivity contribution in [3.63, 3.8) is 0 Å². The molecule has 5 nitrogen and oxygen atoms in total. The fourth-order valence-corrected chi connectivity index (χ4v) is 3.76. The number of nitrogens with one attached hydrogen (secondary N) is 2. The predicted molar refractivity (Wildman–Crippen MR) is 118 cm³/mol. The lowest BCUT2D eigenvalue weighted by molar-refractivity contribution is -0.0679. The first-order valence-corrected chi connectivity index (χ1v) is 9.97. The van der Waals surface area contributed by atoms with E-state index in [9.17, 15) is 0 Å². The second-order valence-corrected chi connectivity index (χ2v) is 7.42. The topological polar surface area (TPSA) is 48.9 Å². The Bertz CT molecular complexity index is 473. The summed E-state index contributed by atoms with van der Waals surface area (Å²) in [6.45, 7) is 12.2. The fourth-order valence-electron chi connectivity index (χ4n) is 3.05. The van der Waals surface area contributed by atoms with Gasteiger partial charge in [0.05, 0.1) is 12.2 Å². The minimum Gasteiger partial charge on any atom is -0.373 e. The molecule has 2 heterocycles. The minimum atomic E-state index is 0. The van der Waals surface area contributed by atoms with Gasteiger partial charge in [0.1, 0.15) is 0 Å². The van der Waals surface area contributed by atoms with Crippen LogP contribution in [0.4, 0.5) is 0 Å². The van der Waals surface area contributed by atoms with E-state index in [1.807, 2.05) is 11.3 Å². The van der Waals surface area contributed by atoms with Crippen LogP contribution in [0.1, 0.15) is 32.1 Å². The van der Waals surface area contributed by atoms with Gasteiger partial charge in [-0.1, -0.05) is 6.07 Å². The maximum Gasteiger partial charge on any atom is 0.191 e. The summed E-state index contributed by atoms with van der Waals surface area (Å²) >= 11 is 1.81. The molecule has 144 valence electrons. The second-order valence-electron chi connectivity index (χ2n) is 6.39. The van der Waals surface area contributed by atoms with Crippen LogP contribution in [-0.4, -0.2) is 62.3 Å². The molecule has 1 saturated heterocycles. The van der Waals surface area contributed by atoms with Gasteiger partial charge in [0, 0.05) is 44.1 Å². The Balaban J connectivity index is 0.00000312. The molecule has 7 heteroatoms. The van der Waals surface area contributed by atoms with Gasteiger partial charge in [-0.15, -0.1) is 35.3 Å². The third-order valence-corrected chi connectivity index (χ3v) is 4.92. The first kappa shape index (κ1) is 22.7. The smallest absolute Gasteiger partial charge is 0.191 e. The number of thiophene rings is 1. The molecule has 2 unspecified atom stereocenters. The highest BCUT2D eigenvalue weighted by atomic mass is 127. The molecule has 0 spiro atoms. The third-order valence-electron chi connectivity index (χ3n) is 3.99. The summed E-state index contributed by atoms with van der Waals surface area (Å²) in [5.74, 6) is 0.928. The average molecular weight is 480 g/mol. The zero-order chi connectivity index (χ0) is 17.2. The lowest BCUT2D eigenvalue weighted by Crippen LogP contribution is -2.45. The Morgan fingerprint density at radius 1 is 1.32 bits per heavy atom. The van der Waals surface area contributed by atoms with Gasteiger partial charge in [-0.3, -0.25) is 9.89 Å². The number of hydrogen-bond acceptors (Lipinski definition) is 4. The van der Waals surface area contributed by atoms with Crippen molar-refractivity contribution in [2.24, 2.45) is 4.99 Å². The van der Waals surface area contributed by atoms with E-state index in [1.54, 1.807) is 0 Å². The van der Waals surface area contributed by atoms with Crippen LogP contribution >= 0.6 is 35.3 Å². The quantitative estimate of drug-likeness (QED) is 0.260. The molecule has 1 fully saturated rings. The summed E-state index contributed by atoms with van der Waals surface area (Å²) in [4.78, 5) is 8.60. The number of ether oxygens (including phenoxy) is 1. The van der Waals surface area contributed by atoms with E-state index in [2.05, 4.69) is 53.8 Å². The number of morpholine rings is 1. The van der Waals surface area contributed by atoms with Crippen molar-refractivity contribution in [1.82, 2.24) is 15.5 Å². The van der Waals surface area contributed by atoms with Crippen molar-refractivity contribution in [2.75, 3.05) is 39.3 Å². The summed E-state index contributed by atoms with van der Waals surface area (Å²) in [5, 5.41) is 8.87. The molecule has 0 aromatic carbocycles. The molecule has 0 saturated carbocycles. The highest BCUT2D eigenvalue weighted by Crippen LogP contribution is 2.10. The Labute approximate surface area is 173 Å². The maximum absolute atomic E-state index is 5.78. The Hall–Kier alpha value is -0.380. The highest BCUT2D eigenvalue weighted by molar-refractivity contribution is 14.0. The molecule has 1 aliphatic heterocycles. The molecular formula is C18H33IN4OS. The van der Waals surface area contributed by atoms with Crippen LogP contribution in [0.15, 0.2) is 22.5 Å². The number of rotatable bonds is 8. The molecule has 1 aromatic heterocycles. The fraction of sp³-hybridized carbons (Fsp3) is 0.722. The van der Waals surface area contributed by atoms with Crippen LogP contribution in [-0.2, 0) is 11.2 Å². The monoisotopic (exact) mass is 480 g/mol. The lowest BCUT2D eigenvalue weighted by Gasteiger charge is -2.35. The van der Waals surface area contributed by atoms with Gasteiger partial charge >= 0.3 is 0 Å². The van der Waals surface area contributed by atoms with Crippen LogP contribution in [0.2, 0.25) is 0 Å². The van der Waals surface area contributed by atoms with Crippen molar-refractivity contribution in [2.45, 2.75) is 45.8 Å².